The summed E-state index contributed by atoms with van der Waals surface area (Å²) in [6, 6.07) is 13.4. The van der Waals surface area contributed by atoms with Crippen LogP contribution in [0.3, 0.4) is 0 Å². The second-order valence-corrected chi connectivity index (χ2v) is 8.42. The van der Waals surface area contributed by atoms with Crippen molar-refractivity contribution in [2.45, 2.75) is 25.3 Å². The molecule has 1 amide bonds. The van der Waals surface area contributed by atoms with Gasteiger partial charge < -0.3 is 9.32 Å². The summed E-state index contributed by atoms with van der Waals surface area (Å²) in [5.41, 5.74) is 1.00. The predicted molar refractivity (Wildman–Crippen MR) is 92.3 cm³/mol. The Hall–Kier alpha value is -2.08. The molecule has 0 radical (unpaired) electrons. The van der Waals surface area contributed by atoms with Gasteiger partial charge in [0.2, 0.25) is 5.91 Å². The fourth-order valence-corrected chi connectivity index (χ4v) is 4.74. The Labute approximate surface area is 142 Å². The molecule has 0 aliphatic carbocycles. The van der Waals surface area contributed by atoms with Crippen molar-refractivity contribution in [2.75, 3.05) is 18.6 Å². The number of sulfone groups is 1. The van der Waals surface area contributed by atoms with Crippen molar-refractivity contribution < 1.29 is 17.6 Å². The maximum atomic E-state index is 12.3. The number of carbonyl (C=O) groups excluding carboxylic acids is 1. The highest BCUT2D eigenvalue weighted by Gasteiger charge is 2.32. The van der Waals surface area contributed by atoms with E-state index >= 15 is 0 Å². The van der Waals surface area contributed by atoms with Crippen LogP contribution in [-0.2, 0) is 21.1 Å². The van der Waals surface area contributed by atoms with E-state index in [4.69, 9.17) is 4.42 Å². The smallest absolute Gasteiger partial charge is 0.223 e. The first-order valence-corrected chi connectivity index (χ1v) is 9.87. The van der Waals surface area contributed by atoms with Crippen molar-refractivity contribution in [1.29, 1.82) is 0 Å². The molecule has 1 unspecified atom stereocenters. The average Bonchev–Trinajstić information content (AvgIpc) is 3.19. The summed E-state index contributed by atoms with van der Waals surface area (Å²) in [7, 11) is -1.29. The van der Waals surface area contributed by atoms with Crippen molar-refractivity contribution in [3.05, 3.63) is 48.2 Å². The number of amides is 1. The zero-order chi connectivity index (χ0) is 17.2. The topological polar surface area (TPSA) is 67.6 Å². The first kappa shape index (κ1) is 16.8. The van der Waals surface area contributed by atoms with E-state index in [1.165, 1.54) is 0 Å². The van der Waals surface area contributed by atoms with Gasteiger partial charge in [-0.1, -0.05) is 30.3 Å². The maximum Gasteiger partial charge on any atom is 0.223 e. The minimum Gasteiger partial charge on any atom is -0.461 e. The molecule has 1 aliphatic heterocycles. The molecular formula is C18H21NO4S. The summed E-state index contributed by atoms with van der Waals surface area (Å²) in [5.74, 6) is 1.75. The molecule has 0 bridgehead atoms. The van der Waals surface area contributed by atoms with Gasteiger partial charge in [0.25, 0.3) is 0 Å². The fourth-order valence-electron chi connectivity index (χ4n) is 2.96. The molecule has 5 nitrogen and oxygen atoms in total. The van der Waals surface area contributed by atoms with Crippen molar-refractivity contribution in [2.24, 2.45) is 0 Å². The number of hydrogen-bond donors (Lipinski definition) is 0. The first-order valence-electron chi connectivity index (χ1n) is 8.05. The second-order valence-electron chi connectivity index (χ2n) is 6.19. The zero-order valence-electron chi connectivity index (χ0n) is 13.6. The lowest BCUT2D eigenvalue weighted by molar-refractivity contribution is -0.131. The quantitative estimate of drug-likeness (QED) is 0.833. The third-order valence-corrected chi connectivity index (χ3v) is 6.21. The molecule has 128 valence electrons. The van der Waals surface area contributed by atoms with E-state index in [9.17, 15) is 13.2 Å². The van der Waals surface area contributed by atoms with E-state index in [1.54, 1.807) is 11.9 Å². The Morgan fingerprint density at radius 2 is 1.96 bits per heavy atom. The van der Waals surface area contributed by atoms with Gasteiger partial charge in [-0.15, -0.1) is 0 Å². The molecule has 1 aromatic carbocycles. The van der Waals surface area contributed by atoms with Gasteiger partial charge in [-0.25, -0.2) is 8.42 Å². The van der Waals surface area contributed by atoms with E-state index in [1.807, 2.05) is 42.5 Å². The van der Waals surface area contributed by atoms with Crippen LogP contribution in [0, 0.1) is 0 Å². The molecule has 1 saturated heterocycles. The third-order valence-electron chi connectivity index (χ3n) is 4.45. The molecular weight excluding hydrogens is 326 g/mol. The van der Waals surface area contributed by atoms with Gasteiger partial charge in [0, 0.05) is 31.5 Å². The van der Waals surface area contributed by atoms with Gasteiger partial charge in [0.05, 0.1) is 11.5 Å². The van der Waals surface area contributed by atoms with Gasteiger partial charge in [0.15, 0.2) is 9.84 Å². The Balaban J connectivity index is 1.56. The minimum absolute atomic E-state index is 0.0465. The Kier molecular flexibility index (Phi) is 4.76. The van der Waals surface area contributed by atoms with Crippen LogP contribution >= 0.6 is 0 Å². The SMILES string of the molecule is CN(C(=O)CCc1ccc(-c2ccccc2)o1)C1CCS(=O)(=O)C1. The number of nitrogens with zero attached hydrogens (tertiary/aromatic N) is 1. The second kappa shape index (κ2) is 6.81. The van der Waals surface area contributed by atoms with Crippen LogP contribution in [0.2, 0.25) is 0 Å². The third kappa shape index (κ3) is 3.87. The molecule has 0 saturated carbocycles. The van der Waals surface area contributed by atoms with Crippen molar-refractivity contribution in [3.63, 3.8) is 0 Å². The first-order chi connectivity index (χ1) is 11.4. The van der Waals surface area contributed by atoms with Gasteiger partial charge in [-0.3, -0.25) is 4.79 Å². The van der Waals surface area contributed by atoms with Crippen LogP contribution in [0.25, 0.3) is 11.3 Å². The van der Waals surface area contributed by atoms with Crippen LogP contribution in [-0.4, -0.2) is 43.8 Å². The average molecular weight is 347 g/mol. The number of carbonyl (C=O) groups is 1. The Bertz CT molecular complexity index is 811. The number of aryl methyl sites for hydroxylation is 1. The van der Waals surface area contributed by atoms with Gasteiger partial charge in [0.1, 0.15) is 11.5 Å². The van der Waals surface area contributed by atoms with Crippen LogP contribution < -0.4 is 0 Å². The molecule has 6 heteroatoms. The predicted octanol–water partition coefficient (Wildman–Crippen LogP) is 2.52. The van der Waals surface area contributed by atoms with E-state index in [-0.39, 0.29) is 23.5 Å². The zero-order valence-corrected chi connectivity index (χ0v) is 14.5. The molecule has 0 N–H and O–H groups in total. The summed E-state index contributed by atoms with van der Waals surface area (Å²) in [6.07, 6.45) is 1.35. The van der Waals surface area contributed by atoms with Crippen molar-refractivity contribution in [1.82, 2.24) is 4.90 Å². The van der Waals surface area contributed by atoms with Gasteiger partial charge in [-0.05, 0) is 18.6 Å². The molecule has 1 aromatic heterocycles. The van der Waals surface area contributed by atoms with E-state index in [2.05, 4.69) is 0 Å². The number of benzene rings is 1. The highest BCUT2D eigenvalue weighted by Crippen LogP contribution is 2.23. The molecule has 1 fully saturated rings. The summed E-state index contributed by atoms with van der Waals surface area (Å²) < 4.78 is 28.9. The van der Waals surface area contributed by atoms with Crippen molar-refractivity contribution in [3.8, 4) is 11.3 Å². The number of furan rings is 1. The summed E-state index contributed by atoms with van der Waals surface area (Å²) >= 11 is 0. The maximum absolute atomic E-state index is 12.3. The summed E-state index contributed by atoms with van der Waals surface area (Å²) in [4.78, 5) is 13.9. The standard InChI is InChI=1S/C18H21NO4S/c1-19(15-11-12-24(21,22)13-15)18(20)10-8-16-7-9-17(23-16)14-5-3-2-4-6-14/h2-7,9,15H,8,10-13H2,1H3. The molecule has 3 rings (SSSR count). The van der Waals surface area contributed by atoms with E-state index in [0.29, 0.717) is 19.3 Å². The van der Waals surface area contributed by atoms with Crippen LogP contribution in [0.5, 0.6) is 0 Å². The Morgan fingerprint density at radius 3 is 2.62 bits per heavy atom. The van der Waals surface area contributed by atoms with Gasteiger partial charge >= 0.3 is 0 Å². The molecule has 24 heavy (non-hydrogen) atoms. The number of hydrogen-bond acceptors (Lipinski definition) is 4. The molecule has 1 aliphatic rings. The summed E-state index contributed by atoms with van der Waals surface area (Å²) in [5, 5.41) is 0. The highest BCUT2D eigenvalue weighted by atomic mass is 32.2. The monoisotopic (exact) mass is 347 g/mol. The highest BCUT2D eigenvalue weighted by molar-refractivity contribution is 7.91. The molecule has 2 heterocycles. The number of rotatable bonds is 5. The van der Waals surface area contributed by atoms with Crippen molar-refractivity contribution >= 4 is 15.7 Å². The molecule has 1 atom stereocenters. The lowest BCUT2D eigenvalue weighted by Crippen LogP contribution is -2.37. The largest absolute Gasteiger partial charge is 0.461 e. The van der Waals surface area contributed by atoms with Crippen LogP contribution in [0.4, 0.5) is 0 Å². The summed E-state index contributed by atoms with van der Waals surface area (Å²) in [6.45, 7) is 0. The van der Waals surface area contributed by atoms with Crippen LogP contribution in [0.15, 0.2) is 46.9 Å². The molecule has 2 aromatic rings. The lowest BCUT2D eigenvalue weighted by atomic mass is 10.2. The fraction of sp³-hybridized carbons (Fsp3) is 0.389. The Morgan fingerprint density at radius 1 is 1.21 bits per heavy atom. The van der Waals surface area contributed by atoms with Gasteiger partial charge in [-0.2, -0.15) is 0 Å². The van der Waals surface area contributed by atoms with E-state index < -0.39 is 9.84 Å². The lowest BCUT2D eigenvalue weighted by Gasteiger charge is -2.23. The van der Waals surface area contributed by atoms with Crippen LogP contribution in [0.1, 0.15) is 18.6 Å². The molecule has 0 spiro atoms. The normalized spacial score (nSPS) is 19.3. The minimum atomic E-state index is -2.98. The van der Waals surface area contributed by atoms with E-state index in [0.717, 1.165) is 17.1 Å².